The molecule has 38 heavy (non-hydrogen) atoms. The number of carbonyl (C=O) groups is 1. The van der Waals surface area contributed by atoms with Crippen molar-refractivity contribution >= 4 is 64.4 Å². The molecule has 3 N–H and O–H groups in total. The zero-order valence-electron chi connectivity index (χ0n) is 20.4. The molecule has 2 amide bonds. The van der Waals surface area contributed by atoms with Gasteiger partial charge in [0.25, 0.3) is 5.69 Å². The SMILES string of the molecule is CN(C)c1nc(/C=C/c2cccc([N+](=O)[O-])c2)nc(Nc2ccc(NC(=O)Nc3ccc(Cl)cc3)cc2)n1. The smallest absolute Gasteiger partial charge is 0.323 e. The Morgan fingerprint density at radius 1 is 0.895 bits per heavy atom. The summed E-state index contributed by atoms with van der Waals surface area (Å²) in [5, 5.41) is 20.2. The molecule has 0 spiro atoms. The van der Waals surface area contributed by atoms with Crippen LogP contribution in [-0.2, 0) is 0 Å². The Balaban J connectivity index is 1.45. The average molecular weight is 531 g/mol. The number of nitrogens with one attached hydrogen (secondary N) is 3. The first-order chi connectivity index (χ1) is 18.2. The number of nitrogens with zero attached hydrogens (tertiary/aromatic N) is 5. The van der Waals surface area contributed by atoms with Crippen molar-refractivity contribution in [3.63, 3.8) is 0 Å². The van der Waals surface area contributed by atoms with Gasteiger partial charge in [0.15, 0.2) is 5.82 Å². The highest BCUT2D eigenvalue weighted by atomic mass is 35.5. The Morgan fingerprint density at radius 3 is 2.16 bits per heavy atom. The highest BCUT2D eigenvalue weighted by Crippen LogP contribution is 2.20. The number of non-ortho nitro benzene ring substituents is 1. The van der Waals surface area contributed by atoms with E-state index >= 15 is 0 Å². The van der Waals surface area contributed by atoms with Gasteiger partial charge in [0, 0.05) is 48.3 Å². The van der Waals surface area contributed by atoms with Crippen molar-refractivity contribution in [3.8, 4) is 0 Å². The number of halogens is 1. The van der Waals surface area contributed by atoms with Crippen molar-refractivity contribution < 1.29 is 9.72 Å². The van der Waals surface area contributed by atoms with Crippen LogP contribution in [0.3, 0.4) is 0 Å². The normalized spacial score (nSPS) is 10.7. The Kier molecular flexibility index (Phi) is 8.09. The van der Waals surface area contributed by atoms with Crippen LogP contribution in [0.15, 0.2) is 72.8 Å². The van der Waals surface area contributed by atoms with E-state index in [0.717, 1.165) is 0 Å². The monoisotopic (exact) mass is 530 g/mol. The fourth-order valence-electron chi connectivity index (χ4n) is 3.22. The molecule has 0 radical (unpaired) electrons. The second-order valence-corrected chi connectivity index (χ2v) is 8.62. The topological polar surface area (TPSA) is 138 Å². The average Bonchev–Trinajstić information content (AvgIpc) is 2.90. The van der Waals surface area contributed by atoms with Crippen LogP contribution in [0.25, 0.3) is 12.2 Å². The summed E-state index contributed by atoms with van der Waals surface area (Å²) in [5.41, 5.74) is 2.54. The van der Waals surface area contributed by atoms with E-state index in [-0.39, 0.29) is 11.7 Å². The zero-order valence-corrected chi connectivity index (χ0v) is 21.2. The lowest BCUT2D eigenvalue weighted by atomic mass is 10.2. The third-order valence-corrected chi connectivity index (χ3v) is 5.30. The molecule has 0 unspecified atom stereocenters. The minimum Gasteiger partial charge on any atom is -0.347 e. The van der Waals surface area contributed by atoms with Gasteiger partial charge in [-0.2, -0.15) is 15.0 Å². The molecule has 11 nitrogen and oxygen atoms in total. The van der Waals surface area contributed by atoms with Crippen LogP contribution < -0.4 is 20.9 Å². The van der Waals surface area contributed by atoms with Gasteiger partial charge in [-0.25, -0.2) is 4.79 Å². The molecule has 0 saturated heterocycles. The van der Waals surface area contributed by atoms with Gasteiger partial charge >= 0.3 is 6.03 Å². The van der Waals surface area contributed by atoms with Gasteiger partial charge in [0.2, 0.25) is 11.9 Å². The Labute approximate surface area is 223 Å². The van der Waals surface area contributed by atoms with Crippen LogP contribution in [0.4, 0.5) is 39.4 Å². The van der Waals surface area contributed by atoms with E-state index < -0.39 is 4.92 Å². The quantitative estimate of drug-likeness (QED) is 0.185. The van der Waals surface area contributed by atoms with Crippen molar-refractivity contribution in [3.05, 3.63) is 99.3 Å². The van der Waals surface area contributed by atoms with Gasteiger partial charge in [0.1, 0.15) is 0 Å². The van der Waals surface area contributed by atoms with Crippen molar-refractivity contribution in [1.82, 2.24) is 15.0 Å². The molecule has 0 aliphatic carbocycles. The van der Waals surface area contributed by atoms with Crippen LogP contribution in [0.2, 0.25) is 5.02 Å². The van der Waals surface area contributed by atoms with Crippen molar-refractivity contribution in [2.45, 2.75) is 0 Å². The summed E-state index contributed by atoms with van der Waals surface area (Å²) in [6.07, 6.45) is 3.35. The van der Waals surface area contributed by atoms with Crippen molar-refractivity contribution in [2.75, 3.05) is 34.9 Å². The molecule has 12 heteroatoms. The summed E-state index contributed by atoms with van der Waals surface area (Å²) < 4.78 is 0. The standard InChI is InChI=1S/C26H23ClN8O3/c1-34(2)25-32-23(15-6-17-4-3-5-22(16-17)35(37)38)31-24(33-25)28-19-11-13-21(14-12-19)30-26(36)29-20-9-7-18(27)8-10-20/h3-16H,1-2H3,(H2,29,30,36)(H,28,31,32,33)/b15-6+. The Bertz CT molecular complexity index is 1480. The van der Waals surface area contributed by atoms with Gasteiger partial charge in [-0.1, -0.05) is 29.8 Å². The maximum Gasteiger partial charge on any atom is 0.323 e. The van der Waals surface area contributed by atoms with Gasteiger partial charge in [0.05, 0.1) is 4.92 Å². The molecule has 0 atom stereocenters. The van der Waals surface area contributed by atoms with Crippen LogP contribution >= 0.6 is 11.6 Å². The third-order valence-electron chi connectivity index (χ3n) is 5.05. The number of nitro groups is 1. The van der Waals surface area contributed by atoms with Gasteiger partial charge in [-0.15, -0.1) is 0 Å². The second-order valence-electron chi connectivity index (χ2n) is 8.19. The largest absolute Gasteiger partial charge is 0.347 e. The molecular formula is C26H23ClN8O3. The van der Waals surface area contributed by atoms with Gasteiger partial charge in [-0.3, -0.25) is 10.1 Å². The lowest BCUT2D eigenvalue weighted by molar-refractivity contribution is -0.384. The number of amides is 2. The van der Waals surface area contributed by atoms with E-state index in [1.54, 1.807) is 77.7 Å². The van der Waals surface area contributed by atoms with E-state index in [1.165, 1.54) is 12.1 Å². The number of hydrogen-bond donors (Lipinski definition) is 3. The second kappa shape index (κ2) is 11.8. The molecule has 0 aliphatic rings. The van der Waals surface area contributed by atoms with E-state index in [2.05, 4.69) is 30.9 Å². The lowest BCUT2D eigenvalue weighted by Crippen LogP contribution is -2.19. The number of urea groups is 1. The number of rotatable bonds is 8. The Morgan fingerprint density at radius 2 is 1.53 bits per heavy atom. The van der Waals surface area contributed by atoms with E-state index in [9.17, 15) is 14.9 Å². The van der Waals surface area contributed by atoms with Crippen molar-refractivity contribution in [1.29, 1.82) is 0 Å². The maximum atomic E-state index is 12.3. The number of nitro benzene ring substituents is 1. The molecule has 1 heterocycles. The maximum absolute atomic E-state index is 12.3. The molecule has 0 fully saturated rings. The fourth-order valence-corrected chi connectivity index (χ4v) is 3.34. The van der Waals surface area contributed by atoms with E-state index in [0.29, 0.717) is 45.4 Å². The minimum atomic E-state index is -0.445. The first-order valence-corrected chi connectivity index (χ1v) is 11.7. The van der Waals surface area contributed by atoms with E-state index in [4.69, 9.17) is 11.6 Å². The molecule has 4 aromatic rings. The molecule has 0 bridgehead atoms. The van der Waals surface area contributed by atoms with Crippen LogP contribution in [0.5, 0.6) is 0 Å². The molecule has 0 aliphatic heterocycles. The third kappa shape index (κ3) is 7.24. The highest BCUT2D eigenvalue weighted by molar-refractivity contribution is 6.30. The van der Waals surface area contributed by atoms with Crippen LogP contribution in [0, 0.1) is 10.1 Å². The number of aromatic nitrogens is 3. The first kappa shape index (κ1) is 26.0. The number of carbonyl (C=O) groups excluding carboxylic acids is 1. The van der Waals surface area contributed by atoms with Crippen LogP contribution in [0.1, 0.15) is 11.4 Å². The first-order valence-electron chi connectivity index (χ1n) is 11.3. The molecule has 3 aromatic carbocycles. The van der Waals surface area contributed by atoms with Crippen LogP contribution in [-0.4, -0.2) is 40.0 Å². The highest BCUT2D eigenvalue weighted by Gasteiger charge is 2.09. The summed E-state index contributed by atoms with van der Waals surface area (Å²) in [7, 11) is 3.62. The number of hydrogen-bond acceptors (Lipinski definition) is 8. The minimum absolute atomic E-state index is 0.000435. The molecule has 1 aromatic heterocycles. The van der Waals surface area contributed by atoms with Gasteiger partial charge < -0.3 is 20.9 Å². The predicted molar refractivity (Wildman–Crippen MR) is 150 cm³/mol. The fraction of sp³-hybridized carbons (Fsp3) is 0.0769. The summed E-state index contributed by atoms with van der Waals surface area (Å²) in [4.78, 5) is 37.9. The van der Waals surface area contributed by atoms with E-state index in [1.807, 2.05) is 14.1 Å². The number of anilines is 5. The molecular weight excluding hydrogens is 508 g/mol. The van der Waals surface area contributed by atoms with Crippen molar-refractivity contribution in [2.24, 2.45) is 0 Å². The lowest BCUT2D eigenvalue weighted by Gasteiger charge is -2.13. The Hall–Kier alpha value is -5.03. The summed E-state index contributed by atoms with van der Waals surface area (Å²) >= 11 is 5.87. The molecule has 0 saturated carbocycles. The molecule has 192 valence electrons. The zero-order chi connectivity index (χ0) is 27.1. The summed E-state index contributed by atoms with van der Waals surface area (Å²) in [6.45, 7) is 0. The van der Waals surface area contributed by atoms with Gasteiger partial charge in [-0.05, 0) is 60.2 Å². The number of benzene rings is 3. The molecule has 4 rings (SSSR count). The summed E-state index contributed by atoms with van der Waals surface area (Å²) in [5.74, 6) is 1.11. The summed E-state index contributed by atoms with van der Waals surface area (Å²) in [6, 6.07) is 19.7. The predicted octanol–water partition coefficient (Wildman–Crippen LogP) is 6.06.